The fourth-order valence-corrected chi connectivity index (χ4v) is 3.40. The molecule has 0 saturated heterocycles. The van der Waals surface area contributed by atoms with Crippen LogP contribution in [0.25, 0.3) is 6.08 Å². The number of methoxy groups -OCH3 is 1. The maximum absolute atomic E-state index is 12.3. The lowest BCUT2D eigenvalue weighted by molar-refractivity contribution is -0.148. The number of nitrogens with zero attached hydrogens (tertiary/aromatic N) is 2. The molecule has 146 valence electrons. The molecular weight excluding hydrogens is 400 g/mol. The number of rotatable bonds is 8. The maximum Gasteiger partial charge on any atom is 0.349 e. The number of likely N-dealkylation sites (N-methyl/N-ethyl adjacent to an activating group) is 1. The van der Waals surface area contributed by atoms with Crippen LogP contribution in [-0.4, -0.2) is 37.0 Å². The van der Waals surface area contributed by atoms with Crippen LogP contribution in [0.15, 0.2) is 42.0 Å². The first-order valence-corrected chi connectivity index (χ1v) is 9.61. The minimum Gasteiger partial charge on any atom is -0.497 e. The predicted octanol–water partition coefficient (Wildman–Crippen LogP) is 3.91. The number of hydrogen-bond donors (Lipinski definition) is 0. The summed E-state index contributed by atoms with van der Waals surface area (Å²) in [5, 5.41) is 9.23. The number of benzene rings is 1. The van der Waals surface area contributed by atoms with E-state index >= 15 is 0 Å². The van der Waals surface area contributed by atoms with Gasteiger partial charge in [0, 0.05) is 11.4 Å². The molecule has 0 atom stereocenters. The fourth-order valence-electron chi connectivity index (χ4n) is 2.30. The summed E-state index contributed by atoms with van der Waals surface area (Å²) in [7, 11) is 1.55. The summed E-state index contributed by atoms with van der Waals surface area (Å²) in [6.45, 7) is 2.24. The van der Waals surface area contributed by atoms with Gasteiger partial charge in [0.1, 0.15) is 17.4 Å². The topological polar surface area (TPSA) is 79.6 Å². The van der Waals surface area contributed by atoms with E-state index in [0.717, 1.165) is 4.88 Å². The van der Waals surface area contributed by atoms with Crippen LogP contribution in [-0.2, 0) is 20.9 Å². The third-order valence-electron chi connectivity index (χ3n) is 3.80. The summed E-state index contributed by atoms with van der Waals surface area (Å²) in [5.41, 5.74) is 0.455. The first-order valence-electron chi connectivity index (χ1n) is 8.41. The standard InChI is InChI=1S/C20H19ClN2O4S/c1-3-23(12-17-8-9-18(21)28-17)19(24)13-27-20(25)15(11-22)10-14-4-6-16(26-2)7-5-14/h4-10H,3,12-13H2,1-2H3/b15-10+. The Morgan fingerprint density at radius 1 is 1.25 bits per heavy atom. The molecule has 2 aromatic rings. The highest BCUT2D eigenvalue weighted by Crippen LogP contribution is 2.22. The summed E-state index contributed by atoms with van der Waals surface area (Å²) < 4.78 is 10.7. The predicted molar refractivity (Wildman–Crippen MR) is 108 cm³/mol. The molecule has 8 heteroatoms. The number of halogens is 1. The quantitative estimate of drug-likeness (QED) is 0.369. The molecule has 0 fully saturated rings. The van der Waals surface area contributed by atoms with Gasteiger partial charge in [0.05, 0.1) is 18.0 Å². The third kappa shape index (κ3) is 6.12. The number of carbonyl (C=O) groups excluding carboxylic acids is 2. The van der Waals surface area contributed by atoms with Crippen LogP contribution in [0.2, 0.25) is 4.34 Å². The number of ether oxygens (including phenoxy) is 2. The Labute approximate surface area is 172 Å². The lowest BCUT2D eigenvalue weighted by atomic mass is 10.1. The van der Waals surface area contributed by atoms with Gasteiger partial charge in [0.25, 0.3) is 5.91 Å². The second-order valence-corrected chi connectivity index (χ2v) is 7.43. The van der Waals surface area contributed by atoms with Crippen molar-refractivity contribution in [2.45, 2.75) is 13.5 Å². The Morgan fingerprint density at radius 2 is 1.96 bits per heavy atom. The van der Waals surface area contributed by atoms with Crippen molar-refractivity contribution in [1.29, 1.82) is 5.26 Å². The largest absolute Gasteiger partial charge is 0.497 e. The van der Waals surface area contributed by atoms with Crippen LogP contribution in [0.1, 0.15) is 17.4 Å². The lowest BCUT2D eigenvalue weighted by Gasteiger charge is -2.19. The van der Waals surface area contributed by atoms with Gasteiger partial charge in [-0.05, 0) is 42.8 Å². The lowest BCUT2D eigenvalue weighted by Crippen LogP contribution is -2.34. The second kappa shape index (κ2) is 10.5. The minimum absolute atomic E-state index is 0.189. The first kappa shape index (κ1) is 21.5. The number of hydrogen-bond acceptors (Lipinski definition) is 6. The first-order chi connectivity index (χ1) is 13.5. The van der Waals surface area contributed by atoms with Crippen LogP contribution in [0.5, 0.6) is 5.75 Å². The minimum atomic E-state index is -0.845. The molecule has 0 unspecified atom stereocenters. The maximum atomic E-state index is 12.3. The Morgan fingerprint density at radius 3 is 2.50 bits per heavy atom. The second-order valence-electron chi connectivity index (χ2n) is 5.63. The molecule has 0 aliphatic heterocycles. The Bertz CT molecular complexity index is 900. The van der Waals surface area contributed by atoms with Gasteiger partial charge in [-0.1, -0.05) is 23.7 Å². The number of amides is 1. The van der Waals surface area contributed by atoms with Crippen molar-refractivity contribution in [2.75, 3.05) is 20.3 Å². The van der Waals surface area contributed by atoms with Crippen LogP contribution >= 0.6 is 22.9 Å². The van der Waals surface area contributed by atoms with Crippen molar-refractivity contribution in [3.63, 3.8) is 0 Å². The van der Waals surface area contributed by atoms with E-state index in [9.17, 15) is 14.9 Å². The van der Waals surface area contributed by atoms with Crippen molar-refractivity contribution in [3.8, 4) is 11.8 Å². The average Bonchev–Trinajstić information content (AvgIpc) is 3.13. The molecule has 28 heavy (non-hydrogen) atoms. The zero-order valence-corrected chi connectivity index (χ0v) is 17.0. The highest BCUT2D eigenvalue weighted by molar-refractivity contribution is 7.16. The van der Waals surface area contributed by atoms with E-state index in [1.165, 1.54) is 17.4 Å². The number of esters is 1. The Balaban J connectivity index is 1.96. The molecule has 1 aromatic carbocycles. The van der Waals surface area contributed by atoms with Crippen LogP contribution in [0, 0.1) is 11.3 Å². The molecule has 1 heterocycles. The molecule has 6 nitrogen and oxygen atoms in total. The summed E-state index contributed by atoms with van der Waals surface area (Å²) in [6.07, 6.45) is 1.40. The zero-order valence-electron chi connectivity index (χ0n) is 15.5. The number of carbonyl (C=O) groups is 2. The molecule has 0 aliphatic carbocycles. The van der Waals surface area contributed by atoms with Gasteiger partial charge in [-0.3, -0.25) is 4.79 Å². The smallest absolute Gasteiger partial charge is 0.349 e. The van der Waals surface area contributed by atoms with Gasteiger partial charge in [-0.25, -0.2) is 4.79 Å². The van der Waals surface area contributed by atoms with Crippen molar-refractivity contribution in [1.82, 2.24) is 4.90 Å². The van der Waals surface area contributed by atoms with Gasteiger partial charge < -0.3 is 14.4 Å². The van der Waals surface area contributed by atoms with E-state index in [2.05, 4.69) is 0 Å². The molecule has 0 saturated carbocycles. The summed E-state index contributed by atoms with van der Waals surface area (Å²) >= 11 is 7.29. The van der Waals surface area contributed by atoms with Gasteiger partial charge in [0.15, 0.2) is 6.61 Å². The molecule has 1 aromatic heterocycles. The molecule has 1 amide bonds. The Hall–Kier alpha value is -2.82. The summed E-state index contributed by atoms with van der Waals surface area (Å²) in [6, 6.07) is 12.3. The monoisotopic (exact) mass is 418 g/mol. The molecule has 0 N–H and O–H groups in total. The summed E-state index contributed by atoms with van der Waals surface area (Å²) in [5.74, 6) is -0.528. The van der Waals surface area contributed by atoms with E-state index in [1.807, 2.05) is 13.0 Å². The molecule has 0 radical (unpaired) electrons. The van der Waals surface area contributed by atoms with Crippen molar-refractivity contribution in [2.24, 2.45) is 0 Å². The van der Waals surface area contributed by atoms with Crippen molar-refractivity contribution in [3.05, 3.63) is 56.7 Å². The molecule has 0 spiro atoms. The fraction of sp³-hybridized carbons (Fsp3) is 0.250. The summed E-state index contributed by atoms with van der Waals surface area (Å²) in [4.78, 5) is 27.0. The van der Waals surface area contributed by atoms with Crippen LogP contribution < -0.4 is 4.74 Å². The van der Waals surface area contributed by atoms with E-state index in [1.54, 1.807) is 48.4 Å². The third-order valence-corrected chi connectivity index (χ3v) is 5.02. The molecular formula is C20H19ClN2O4S. The van der Waals surface area contributed by atoms with Crippen molar-refractivity contribution >= 4 is 40.9 Å². The van der Waals surface area contributed by atoms with Gasteiger partial charge in [0.2, 0.25) is 0 Å². The average molecular weight is 419 g/mol. The van der Waals surface area contributed by atoms with Gasteiger partial charge >= 0.3 is 5.97 Å². The zero-order chi connectivity index (χ0) is 20.5. The Kier molecular flexibility index (Phi) is 8.05. The molecule has 2 rings (SSSR count). The van der Waals surface area contributed by atoms with Crippen LogP contribution in [0.4, 0.5) is 0 Å². The normalized spacial score (nSPS) is 10.9. The van der Waals surface area contributed by atoms with Crippen molar-refractivity contribution < 1.29 is 19.1 Å². The van der Waals surface area contributed by atoms with Gasteiger partial charge in [-0.15, -0.1) is 11.3 Å². The molecule has 0 aliphatic rings. The highest BCUT2D eigenvalue weighted by Gasteiger charge is 2.17. The number of nitriles is 1. The SMILES string of the molecule is CCN(Cc1ccc(Cl)s1)C(=O)COC(=O)/C(C#N)=C/c1ccc(OC)cc1. The van der Waals surface area contributed by atoms with E-state index in [-0.39, 0.29) is 11.5 Å². The van der Waals surface area contributed by atoms with Gasteiger partial charge in [-0.2, -0.15) is 5.26 Å². The number of thiophene rings is 1. The highest BCUT2D eigenvalue weighted by atomic mass is 35.5. The van der Waals surface area contributed by atoms with E-state index in [4.69, 9.17) is 21.1 Å². The molecule has 0 bridgehead atoms. The van der Waals surface area contributed by atoms with E-state index in [0.29, 0.717) is 28.7 Å². The van der Waals surface area contributed by atoms with E-state index < -0.39 is 12.6 Å². The van der Waals surface area contributed by atoms with Crippen LogP contribution in [0.3, 0.4) is 0 Å².